The Hall–Kier alpha value is -0.300. The molecule has 1 aliphatic carbocycles. The highest BCUT2D eigenvalue weighted by atomic mass is 16.5. The standard InChI is InChI=1S/C14H26O/c1-6-13(15-14(3,4)5)12-9-7-11(2)8-10-12/h6,11-13H,1,7-10H2,2-5H3. The first-order valence-corrected chi connectivity index (χ1v) is 6.23. The summed E-state index contributed by atoms with van der Waals surface area (Å²) in [6.45, 7) is 12.6. The maximum Gasteiger partial charge on any atom is 0.0788 e. The number of hydrogen-bond donors (Lipinski definition) is 0. The van der Waals surface area contributed by atoms with Gasteiger partial charge in [0.25, 0.3) is 0 Å². The van der Waals surface area contributed by atoms with Crippen LogP contribution < -0.4 is 0 Å². The average Bonchev–Trinajstić information content (AvgIpc) is 2.14. The summed E-state index contributed by atoms with van der Waals surface area (Å²) in [6.07, 6.45) is 7.54. The van der Waals surface area contributed by atoms with Crippen LogP contribution in [0.15, 0.2) is 12.7 Å². The molecule has 88 valence electrons. The van der Waals surface area contributed by atoms with Crippen LogP contribution in [-0.2, 0) is 4.74 Å². The predicted octanol–water partition coefficient (Wildman–Crippen LogP) is 4.18. The van der Waals surface area contributed by atoms with Crippen molar-refractivity contribution in [2.24, 2.45) is 11.8 Å². The van der Waals surface area contributed by atoms with E-state index in [4.69, 9.17) is 4.74 Å². The van der Waals surface area contributed by atoms with Gasteiger partial charge in [0.2, 0.25) is 0 Å². The Balaban J connectivity index is 2.48. The van der Waals surface area contributed by atoms with Crippen molar-refractivity contribution in [3.8, 4) is 0 Å². The number of rotatable bonds is 3. The van der Waals surface area contributed by atoms with Gasteiger partial charge in [0.1, 0.15) is 0 Å². The lowest BCUT2D eigenvalue weighted by atomic mass is 9.80. The molecule has 0 aliphatic heterocycles. The zero-order chi connectivity index (χ0) is 11.5. The molecule has 0 heterocycles. The lowest BCUT2D eigenvalue weighted by Crippen LogP contribution is -2.33. The minimum absolute atomic E-state index is 0.0537. The Morgan fingerprint density at radius 2 is 1.73 bits per heavy atom. The van der Waals surface area contributed by atoms with Crippen LogP contribution in [0.5, 0.6) is 0 Å². The quantitative estimate of drug-likeness (QED) is 0.635. The molecule has 1 nitrogen and oxygen atoms in total. The molecule has 0 saturated heterocycles. The molecule has 1 unspecified atom stereocenters. The summed E-state index contributed by atoms with van der Waals surface area (Å²) in [6, 6.07) is 0. The van der Waals surface area contributed by atoms with E-state index in [1.54, 1.807) is 0 Å². The zero-order valence-corrected chi connectivity index (χ0v) is 10.8. The van der Waals surface area contributed by atoms with E-state index in [0.717, 1.165) is 5.92 Å². The van der Waals surface area contributed by atoms with Crippen molar-refractivity contribution >= 4 is 0 Å². The molecule has 0 bridgehead atoms. The smallest absolute Gasteiger partial charge is 0.0788 e. The summed E-state index contributed by atoms with van der Waals surface area (Å²) < 4.78 is 6.04. The number of ether oxygens (including phenoxy) is 1. The van der Waals surface area contributed by atoms with Crippen molar-refractivity contribution in [2.45, 2.75) is 65.1 Å². The third kappa shape index (κ3) is 4.38. The van der Waals surface area contributed by atoms with Crippen molar-refractivity contribution in [1.29, 1.82) is 0 Å². The molecule has 0 aromatic rings. The van der Waals surface area contributed by atoms with Crippen LogP contribution in [0.4, 0.5) is 0 Å². The van der Waals surface area contributed by atoms with Crippen molar-refractivity contribution < 1.29 is 4.74 Å². The first-order valence-electron chi connectivity index (χ1n) is 6.23. The Morgan fingerprint density at radius 3 is 2.13 bits per heavy atom. The monoisotopic (exact) mass is 210 g/mol. The van der Waals surface area contributed by atoms with E-state index in [0.29, 0.717) is 5.92 Å². The molecule has 1 fully saturated rings. The molecule has 1 atom stereocenters. The second-order valence-corrected chi connectivity index (χ2v) is 5.95. The summed E-state index contributed by atoms with van der Waals surface area (Å²) >= 11 is 0. The summed E-state index contributed by atoms with van der Waals surface area (Å²) in [5, 5.41) is 0. The minimum atomic E-state index is -0.0537. The summed E-state index contributed by atoms with van der Waals surface area (Å²) in [5.41, 5.74) is -0.0537. The molecular formula is C14H26O. The van der Waals surface area contributed by atoms with Gasteiger partial charge in [-0.2, -0.15) is 0 Å². The van der Waals surface area contributed by atoms with Crippen molar-refractivity contribution in [3.63, 3.8) is 0 Å². The van der Waals surface area contributed by atoms with Crippen LogP contribution in [0.1, 0.15) is 53.4 Å². The van der Waals surface area contributed by atoms with Gasteiger partial charge in [-0.15, -0.1) is 6.58 Å². The van der Waals surface area contributed by atoms with E-state index in [1.807, 2.05) is 6.08 Å². The summed E-state index contributed by atoms with van der Waals surface area (Å²) in [7, 11) is 0. The van der Waals surface area contributed by atoms with Gasteiger partial charge >= 0.3 is 0 Å². The highest BCUT2D eigenvalue weighted by Gasteiger charge is 2.27. The highest BCUT2D eigenvalue weighted by Crippen LogP contribution is 2.33. The Kier molecular flexibility index (Phi) is 4.39. The SMILES string of the molecule is C=CC(OC(C)(C)C)C1CCC(C)CC1. The highest BCUT2D eigenvalue weighted by molar-refractivity contribution is 4.90. The van der Waals surface area contributed by atoms with Crippen LogP contribution in [-0.4, -0.2) is 11.7 Å². The zero-order valence-electron chi connectivity index (χ0n) is 10.8. The fourth-order valence-electron chi connectivity index (χ4n) is 2.36. The molecule has 0 radical (unpaired) electrons. The van der Waals surface area contributed by atoms with Gasteiger partial charge < -0.3 is 4.74 Å². The van der Waals surface area contributed by atoms with Crippen molar-refractivity contribution in [2.75, 3.05) is 0 Å². The maximum atomic E-state index is 6.04. The van der Waals surface area contributed by atoms with E-state index >= 15 is 0 Å². The van der Waals surface area contributed by atoms with Crippen molar-refractivity contribution in [3.05, 3.63) is 12.7 Å². The van der Waals surface area contributed by atoms with Gasteiger partial charge in [-0.1, -0.05) is 25.8 Å². The first kappa shape index (κ1) is 12.8. The molecule has 0 N–H and O–H groups in total. The molecule has 0 aromatic carbocycles. The number of hydrogen-bond acceptors (Lipinski definition) is 1. The fraction of sp³-hybridized carbons (Fsp3) is 0.857. The van der Waals surface area contributed by atoms with E-state index in [-0.39, 0.29) is 11.7 Å². The molecule has 0 aromatic heterocycles. The second-order valence-electron chi connectivity index (χ2n) is 5.95. The molecule has 1 aliphatic rings. The topological polar surface area (TPSA) is 9.23 Å². The Bertz CT molecular complexity index is 194. The summed E-state index contributed by atoms with van der Waals surface area (Å²) in [5.74, 6) is 1.60. The Labute approximate surface area is 94.9 Å². The van der Waals surface area contributed by atoms with Gasteiger partial charge in [-0.3, -0.25) is 0 Å². The minimum Gasteiger partial charge on any atom is -0.368 e. The summed E-state index contributed by atoms with van der Waals surface area (Å²) in [4.78, 5) is 0. The van der Waals surface area contributed by atoms with Gasteiger partial charge in [0.15, 0.2) is 0 Å². The van der Waals surface area contributed by atoms with Crippen LogP contribution in [0.25, 0.3) is 0 Å². The van der Waals surface area contributed by atoms with Crippen LogP contribution in [0.2, 0.25) is 0 Å². The van der Waals surface area contributed by atoms with Crippen molar-refractivity contribution in [1.82, 2.24) is 0 Å². The second kappa shape index (κ2) is 5.16. The molecule has 0 spiro atoms. The van der Waals surface area contributed by atoms with Gasteiger partial charge in [0.05, 0.1) is 11.7 Å². The predicted molar refractivity (Wildman–Crippen MR) is 65.9 cm³/mol. The lowest BCUT2D eigenvalue weighted by Gasteiger charge is -2.35. The van der Waals surface area contributed by atoms with Gasteiger partial charge in [0, 0.05) is 0 Å². The largest absolute Gasteiger partial charge is 0.368 e. The van der Waals surface area contributed by atoms with E-state index in [1.165, 1.54) is 25.7 Å². The van der Waals surface area contributed by atoms with Crippen LogP contribution >= 0.6 is 0 Å². The maximum absolute atomic E-state index is 6.04. The van der Waals surface area contributed by atoms with E-state index in [2.05, 4.69) is 34.3 Å². The normalized spacial score (nSPS) is 29.9. The van der Waals surface area contributed by atoms with E-state index in [9.17, 15) is 0 Å². The molecule has 0 amide bonds. The Morgan fingerprint density at radius 1 is 1.20 bits per heavy atom. The molecule has 1 saturated carbocycles. The molecule has 1 heteroatoms. The molecule has 15 heavy (non-hydrogen) atoms. The third-order valence-corrected chi connectivity index (χ3v) is 3.25. The van der Waals surface area contributed by atoms with Crippen LogP contribution in [0, 0.1) is 11.8 Å². The molecule has 1 rings (SSSR count). The first-order chi connectivity index (χ1) is 6.92. The lowest BCUT2D eigenvalue weighted by molar-refractivity contribution is -0.0693. The molecular weight excluding hydrogens is 184 g/mol. The van der Waals surface area contributed by atoms with E-state index < -0.39 is 0 Å². The van der Waals surface area contributed by atoms with Crippen LogP contribution in [0.3, 0.4) is 0 Å². The third-order valence-electron chi connectivity index (χ3n) is 3.25. The fourth-order valence-corrected chi connectivity index (χ4v) is 2.36. The average molecular weight is 210 g/mol. The van der Waals surface area contributed by atoms with Gasteiger partial charge in [-0.05, 0) is 45.4 Å². The van der Waals surface area contributed by atoms with Gasteiger partial charge in [-0.25, -0.2) is 0 Å².